The van der Waals surface area contributed by atoms with Crippen LogP contribution in [0.4, 0.5) is 0 Å². The second kappa shape index (κ2) is 8.35. The predicted molar refractivity (Wildman–Crippen MR) is 103 cm³/mol. The van der Waals surface area contributed by atoms with Gasteiger partial charge in [0.2, 0.25) is 5.89 Å². The van der Waals surface area contributed by atoms with Crippen molar-refractivity contribution in [3.63, 3.8) is 0 Å². The monoisotopic (exact) mass is 380 g/mol. The fraction of sp³-hybridized carbons (Fsp3) is 0.400. The summed E-state index contributed by atoms with van der Waals surface area (Å²) in [5.74, 6) is 1.29. The summed E-state index contributed by atoms with van der Waals surface area (Å²) in [6.45, 7) is 2.41. The SMILES string of the molecule is Cn1cc(C(=O)NC2CCN(Cc3nc(Cc4ccccc4)no3)CC2)cn1. The van der Waals surface area contributed by atoms with E-state index in [2.05, 4.69) is 37.6 Å². The van der Waals surface area contributed by atoms with Crippen molar-refractivity contribution in [1.82, 2.24) is 30.1 Å². The van der Waals surface area contributed by atoms with E-state index in [4.69, 9.17) is 4.52 Å². The highest BCUT2D eigenvalue weighted by Gasteiger charge is 2.23. The number of nitrogens with one attached hydrogen (secondary N) is 1. The highest BCUT2D eigenvalue weighted by molar-refractivity contribution is 5.93. The largest absolute Gasteiger partial charge is 0.349 e. The fourth-order valence-electron chi connectivity index (χ4n) is 3.44. The average Bonchev–Trinajstić information content (AvgIpc) is 3.33. The van der Waals surface area contributed by atoms with Crippen LogP contribution in [0.2, 0.25) is 0 Å². The van der Waals surface area contributed by atoms with Gasteiger partial charge < -0.3 is 9.84 Å². The van der Waals surface area contributed by atoms with E-state index < -0.39 is 0 Å². The van der Waals surface area contributed by atoms with Crippen molar-refractivity contribution in [3.8, 4) is 0 Å². The van der Waals surface area contributed by atoms with Crippen molar-refractivity contribution in [2.24, 2.45) is 7.05 Å². The third kappa shape index (κ3) is 4.64. The molecule has 0 unspecified atom stereocenters. The van der Waals surface area contributed by atoms with E-state index in [0.29, 0.717) is 30.2 Å². The van der Waals surface area contributed by atoms with Crippen LogP contribution < -0.4 is 5.32 Å². The zero-order valence-corrected chi connectivity index (χ0v) is 15.9. The molecular weight excluding hydrogens is 356 g/mol. The van der Waals surface area contributed by atoms with Gasteiger partial charge in [-0.05, 0) is 18.4 Å². The number of benzene rings is 1. The summed E-state index contributed by atoms with van der Waals surface area (Å²) in [4.78, 5) is 19.0. The molecule has 0 aliphatic carbocycles. The Morgan fingerprint density at radius 3 is 2.75 bits per heavy atom. The number of hydrogen-bond acceptors (Lipinski definition) is 6. The molecule has 28 heavy (non-hydrogen) atoms. The number of carbonyl (C=O) groups is 1. The van der Waals surface area contributed by atoms with E-state index in [-0.39, 0.29) is 11.9 Å². The fourth-order valence-corrected chi connectivity index (χ4v) is 3.44. The van der Waals surface area contributed by atoms with Crippen molar-refractivity contribution in [1.29, 1.82) is 0 Å². The minimum absolute atomic E-state index is 0.0611. The minimum Gasteiger partial charge on any atom is -0.349 e. The molecule has 1 N–H and O–H groups in total. The van der Waals surface area contributed by atoms with Gasteiger partial charge in [-0.15, -0.1) is 0 Å². The lowest BCUT2D eigenvalue weighted by Crippen LogP contribution is -2.44. The summed E-state index contributed by atoms with van der Waals surface area (Å²) >= 11 is 0. The van der Waals surface area contributed by atoms with Crippen molar-refractivity contribution >= 4 is 5.91 Å². The number of nitrogens with zero attached hydrogens (tertiary/aromatic N) is 5. The lowest BCUT2D eigenvalue weighted by atomic mass is 10.0. The lowest BCUT2D eigenvalue weighted by Gasteiger charge is -2.31. The van der Waals surface area contributed by atoms with E-state index >= 15 is 0 Å². The molecule has 1 aliphatic rings. The van der Waals surface area contributed by atoms with E-state index in [0.717, 1.165) is 25.9 Å². The summed E-state index contributed by atoms with van der Waals surface area (Å²) in [6, 6.07) is 10.3. The molecule has 1 saturated heterocycles. The van der Waals surface area contributed by atoms with Crippen LogP contribution in [0.15, 0.2) is 47.2 Å². The molecule has 4 rings (SSSR count). The van der Waals surface area contributed by atoms with Gasteiger partial charge in [0.1, 0.15) is 0 Å². The van der Waals surface area contributed by atoms with Crippen molar-refractivity contribution in [2.75, 3.05) is 13.1 Å². The van der Waals surface area contributed by atoms with Gasteiger partial charge in [-0.25, -0.2) is 0 Å². The van der Waals surface area contributed by atoms with Crippen molar-refractivity contribution in [3.05, 3.63) is 65.6 Å². The molecule has 0 atom stereocenters. The summed E-state index contributed by atoms with van der Waals surface area (Å²) in [5, 5.41) is 11.2. The molecule has 1 fully saturated rings. The van der Waals surface area contributed by atoms with Gasteiger partial charge in [0.15, 0.2) is 5.82 Å². The average molecular weight is 380 g/mol. The van der Waals surface area contributed by atoms with Gasteiger partial charge in [-0.1, -0.05) is 35.5 Å². The maximum absolute atomic E-state index is 12.2. The Kier molecular flexibility index (Phi) is 5.48. The zero-order chi connectivity index (χ0) is 19.3. The molecule has 1 aliphatic heterocycles. The van der Waals surface area contributed by atoms with Crippen LogP contribution in [0.1, 0.15) is 40.5 Å². The minimum atomic E-state index is -0.0611. The molecule has 8 heteroatoms. The quantitative estimate of drug-likeness (QED) is 0.701. The third-order valence-corrected chi connectivity index (χ3v) is 4.96. The highest BCUT2D eigenvalue weighted by Crippen LogP contribution is 2.14. The van der Waals surface area contributed by atoms with Gasteiger partial charge >= 0.3 is 0 Å². The summed E-state index contributed by atoms with van der Waals surface area (Å²) in [7, 11) is 1.80. The Morgan fingerprint density at radius 2 is 2.04 bits per heavy atom. The first kappa shape index (κ1) is 18.4. The second-order valence-corrected chi connectivity index (χ2v) is 7.19. The third-order valence-electron chi connectivity index (χ3n) is 4.96. The number of likely N-dealkylation sites (tertiary alicyclic amines) is 1. The first-order valence-electron chi connectivity index (χ1n) is 9.53. The van der Waals surface area contributed by atoms with Gasteiger partial charge in [-0.2, -0.15) is 10.1 Å². The molecule has 3 aromatic rings. The first-order valence-corrected chi connectivity index (χ1v) is 9.53. The molecule has 0 radical (unpaired) electrons. The summed E-state index contributed by atoms with van der Waals surface area (Å²) in [5.41, 5.74) is 1.77. The maximum atomic E-state index is 12.2. The van der Waals surface area contributed by atoms with Crippen molar-refractivity contribution in [2.45, 2.75) is 31.8 Å². The van der Waals surface area contributed by atoms with Gasteiger partial charge in [0.25, 0.3) is 5.91 Å². The van der Waals surface area contributed by atoms with Crippen LogP contribution in [0.25, 0.3) is 0 Å². The number of amides is 1. The molecule has 1 aromatic carbocycles. The van der Waals surface area contributed by atoms with Gasteiger partial charge in [-0.3, -0.25) is 14.4 Å². The van der Waals surface area contributed by atoms with E-state index in [9.17, 15) is 4.79 Å². The maximum Gasteiger partial charge on any atom is 0.254 e. The molecular formula is C20H24N6O2. The second-order valence-electron chi connectivity index (χ2n) is 7.19. The number of carbonyl (C=O) groups excluding carboxylic acids is 1. The van der Waals surface area contributed by atoms with E-state index in [1.807, 2.05) is 18.2 Å². The Hall–Kier alpha value is -3.00. The Morgan fingerprint density at radius 1 is 1.25 bits per heavy atom. The van der Waals surface area contributed by atoms with Crippen LogP contribution in [0, 0.1) is 0 Å². The Bertz CT molecular complexity index is 912. The van der Waals surface area contributed by atoms with Crippen molar-refractivity contribution < 1.29 is 9.32 Å². The van der Waals surface area contributed by atoms with Crippen LogP contribution in [-0.2, 0) is 20.0 Å². The Labute approximate surface area is 163 Å². The van der Waals surface area contributed by atoms with Crippen LogP contribution in [0.3, 0.4) is 0 Å². The molecule has 2 aromatic heterocycles. The van der Waals surface area contributed by atoms with Crippen LogP contribution in [-0.4, -0.2) is 49.9 Å². The van der Waals surface area contributed by atoms with E-state index in [1.165, 1.54) is 5.56 Å². The lowest BCUT2D eigenvalue weighted by molar-refractivity contribution is 0.0904. The normalized spacial score (nSPS) is 15.6. The topological polar surface area (TPSA) is 89.1 Å². The summed E-state index contributed by atoms with van der Waals surface area (Å²) in [6.07, 6.45) is 5.79. The Balaban J connectivity index is 1.24. The smallest absolute Gasteiger partial charge is 0.254 e. The van der Waals surface area contributed by atoms with E-state index in [1.54, 1.807) is 24.1 Å². The molecule has 3 heterocycles. The van der Waals surface area contributed by atoms with Crippen LogP contribution >= 0.6 is 0 Å². The molecule has 0 spiro atoms. The molecule has 1 amide bonds. The predicted octanol–water partition coefficient (Wildman–Crippen LogP) is 1.79. The molecule has 8 nitrogen and oxygen atoms in total. The number of hydrogen-bond donors (Lipinski definition) is 1. The van der Waals surface area contributed by atoms with Gasteiger partial charge in [0, 0.05) is 38.8 Å². The molecule has 0 bridgehead atoms. The first-order chi connectivity index (χ1) is 13.7. The molecule has 146 valence electrons. The van der Waals surface area contributed by atoms with Gasteiger partial charge in [0.05, 0.1) is 18.3 Å². The van der Waals surface area contributed by atoms with Crippen LogP contribution in [0.5, 0.6) is 0 Å². The highest BCUT2D eigenvalue weighted by atomic mass is 16.5. The zero-order valence-electron chi connectivity index (χ0n) is 15.9. The summed E-state index contributed by atoms with van der Waals surface area (Å²) < 4.78 is 7.04. The standard InChI is InChI=1S/C20H24N6O2/c1-25-13-16(12-21-25)20(27)22-17-7-9-26(10-8-17)14-19-23-18(24-28-19)11-15-5-3-2-4-6-15/h2-6,12-13,17H,7-11,14H2,1H3,(H,22,27). The number of aryl methyl sites for hydroxylation is 1. The number of aromatic nitrogens is 4. The molecule has 0 saturated carbocycles. The number of piperidine rings is 1. The number of rotatable bonds is 6.